The zero-order chi connectivity index (χ0) is 21.3. The van der Waals surface area contributed by atoms with E-state index in [1.54, 1.807) is 11.8 Å². The maximum Gasteiger partial charge on any atom is 0.261 e. The second-order valence-electron chi connectivity index (χ2n) is 7.77. The van der Waals surface area contributed by atoms with Gasteiger partial charge in [0.1, 0.15) is 29.4 Å². The van der Waals surface area contributed by atoms with Gasteiger partial charge in [-0.2, -0.15) is 0 Å². The molecule has 2 N–H and O–H groups in total. The van der Waals surface area contributed by atoms with Crippen molar-refractivity contribution in [2.75, 3.05) is 6.54 Å². The summed E-state index contributed by atoms with van der Waals surface area (Å²) in [7, 11) is 0. The maximum atomic E-state index is 13.4. The fraction of sp³-hybridized carbons (Fsp3) is 0.240. The van der Waals surface area contributed by atoms with Crippen LogP contribution < -0.4 is 4.74 Å². The van der Waals surface area contributed by atoms with Gasteiger partial charge in [0.15, 0.2) is 0 Å². The Bertz CT molecular complexity index is 1110. The molecule has 0 spiro atoms. The lowest BCUT2D eigenvalue weighted by Crippen LogP contribution is -2.36. The highest BCUT2D eigenvalue weighted by molar-refractivity contribution is 6.00. The van der Waals surface area contributed by atoms with Crippen LogP contribution >= 0.6 is 0 Å². The molecule has 0 aromatic heterocycles. The molecule has 1 aliphatic rings. The first kappa shape index (κ1) is 19.8. The molecule has 0 atom stereocenters. The molecule has 0 fully saturated rings. The first-order valence-electron chi connectivity index (χ1n) is 10.0. The van der Waals surface area contributed by atoms with Crippen LogP contribution in [0.25, 0.3) is 0 Å². The molecule has 1 amide bonds. The lowest BCUT2D eigenvalue weighted by atomic mass is 9.98. The Morgan fingerprint density at radius 3 is 2.53 bits per heavy atom. The summed E-state index contributed by atoms with van der Waals surface area (Å²) < 4.78 is 5.98. The number of nitrogens with zero attached hydrogens (tertiary/aromatic N) is 1. The maximum absolute atomic E-state index is 13.4. The van der Waals surface area contributed by atoms with Crippen molar-refractivity contribution < 1.29 is 19.7 Å². The monoisotopic (exact) mass is 403 g/mol. The Morgan fingerprint density at radius 1 is 1.00 bits per heavy atom. The van der Waals surface area contributed by atoms with Gasteiger partial charge in [0.05, 0.1) is 0 Å². The van der Waals surface area contributed by atoms with Gasteiger partial charge in [0.25, 0.3) is 5.91 Å². The summed E-state index contributed by atoms with van der Waals surface area (Å²) in [4.78, 5) is 15.1. The van der Waals surface area contributed by atoms with Crippen LogP contribution in [0.3, 0.4) is 0 Å². The summed E-state index contributed by atoms with van der Waals surface area (Å²) >= 11 is 0. The summed E-state index contributed by atoms with van der Waals surface area (Å²) in [5.41, 5.74) is 4.92. The smallest absolute Gasteiger partial charge is 0.261 e. The van der Waals surface area contributed by atoms with Crippen molar-refractivity contribution in [1.29, 1.82) is 0 Å². The van der Waals surface area contributed by atoms with Crippen molar-refractivity contribution in [1.82, 2.24) is 4.90 Å². The van der Waals surface area contributed by atoms with Crippen LogP contribution in [0.2, 0.25) is 0 Å². The zero-order valence-corrected chi connectivity index (χ0v) is 17.2. The van der Waals surface area contributed by atoms with Crippen LogP contribution in [-0.4, -0.2) is 27.6 Å². The highest BCUT2D eigenvalue weighted by Crippen LogP contribution is 2.39. The van der Waals surface area contributed by atoms with Gasteiger partial charge in [-0.3, -0.25) is 4.79 Å². The number of carbonyl (C=O) groups is 1. The van der Waals surface area contributed by atoms with E-state index in [9.17, 15) is 15.0 Å². The number of aryl methyl sites for hydroxylation is 1. The first-order chi connectivity index (χ1) is 14.4. The van der Waals surface area contributed by atoms with E-state index < -0.39 is 0 Å². The van der Waals surface area contributed by atoms with E-state index in [-0.39, 0.29) is 35.3 Å². The number of aromatic hydroxyl groups is 2. The highest BCUT2D eigenvalue weighted by atomic mass is 16.5. The minimum Gasteiger partial charge on any atom is -0.507 e. The van der Waals surface area contributed by atoms with Crippen LogP contribution in [0.1, 0.15) is 38.2 Å². The molecule has 5 heteroatoms. The number of hydrogen-bond donors (Lipinski definition) is 2. The van der Waals surface area contributed by atoms with Gasteiger partial charge in [0, 0.05) is 24.7 Å². The summed E-state index contributed by atoms with van der Waals surface area (Å²) in [5, 5.41) is 20.8. The summed E-state index contributed by atoms with van der Waals surface area (Å²) in [6.45, 7) is 4.95. The Morgan fingerprint density at radius 2 is 1.77 bits per heavy atom. The topological polar surface area (TPSA) is 70.0 Å². The molecule has 0 saturated carbocycles. The molecule has 0 bridgehead atoms. The molecule has 3 aromatic rings. The molecule has 1 aliphatic heterocycles. The highest BCUT2D eigenvalue weighted by Gasteiger charge is 2.29. The number of rotatable bonds is 4. The number of phenolic OH excluding ortho intramolecular Hbond substituents is 2. The zero-order valence-electron chi connectivity index (χ0n) is 17.2. The lowest BCUT2D eigenvalue weighted by Gasteiger charge is -2.30. The molecule has 5 nitrogen and oxygen atoms in total. The summed E-state index contributed by atoms with van der Waals surface area (Å²) in [6.07, 6.45) is 0.763. The van der Waals surface area contributed by atoms with Crippen LogP contribution in [0, 0.1) is 13.8 Å². The molecular formula is C25H25NO4. The lowest BCUT2D eigenvalue weighted by molar-refractivity contribution is 0.0726. The Balaban J connectivity index is 1.65. The Kier molecular flexibility index (Phi) is 5.36. The van der Waals surface area contributed by atoms with Crippen molar-refractivity contribution in [3.05, 3.63) is 88.0 Å². The van der Waals surface area contributed by atoms with Gasteiger partial charge in [-0.15, -0.1) is 0 Å². The van der Waals surface area contributed by atoms with E-state index in [0.29, 0.717) is 18.7 Å². The predicted octanol–water partition coefficient (Wildman–Crippen LogP) is 4.49. The van der Waals surface area contributed by atoms with Crippen LogP contribution in [0.4, 0.5) is 0 Å². The van der Waals surface area contributed by atoms with Crippen molar-refractivity contribution in [2.24, 2.45) is 0 Å². The van der Waals surface area contributed by atoms with E-state index >= 15 is 0 Å². The van der Waals surface area contributed by atoms with Gasteiger partial charge in [-0.05, 0) is 37.0 Å². The molecule has 1 heterocycles. The normalized spacial score (nSPS) is 13.1. The molecule has 0 radical (unpaired) electrons. The standard InChI is InChI=1S/C25H25NO4/c1-16-6-5-7-18(12-16)15-30-24-17(2)21(27)13-22(28)23(24)25(29)26-11-10-19-8-3-4-9-20(19)14-26/h3-9,12-13,27-28H,10-11,14-15H2,1-2H3. The average Bonchev–Trinajstić information content (AvgIpc) is 2.74. The summed E-state index contributed by atoms with van der Waals surface area (Å²) in [5.74, 6) is -0.462. The quantitative estimate of drug-likeness (QED) is 0.673. The third-order valence-corrected chi connectivity index (χ3v) is 5.58. The first-order valence-corrected chi connectivity index (χ1v) is 10.0. The predicted molar refractivity (Wildman–Crippen MR) is 115 cm³/mol. The number of hydrogen-bond acceptors (Lipinski definition) is 4. The molecule has 0 unspecified atom stereocenters. The third kappa shape index (κ3) is 3.83. The largest absolute Gasteiger partial charge is 0.507 e. The van der Waals surface area contributed by atoms with Crippen LogP contribution in [-0.2, 0) is 19.6 Å². The minimum atomic E-state index is -0.302. The average molecular weight is 403 g/mol. The van der Waals surface area contributed by atoms with Gasteiger partial charge < -0.3 is 19.8 Å². The van der Waals surface area contributed by atoms with Gasteiger partial charge in [-0.25, -0.2) is 0 Å². The van der Waals surface area contributed by atoms with Crippen molar-refractivity contribution in [2.45, 2.75) is 33.4 Å². The Hall–Kier alpha value is -3.47. The van der Waals surface area contributed by atoms with E-state index in [0.717, 1.165) is 23.1 Å². The molecule has 30 heavy (non-hydrogen) atoms. The van der Waals surface area contributed by atoms with Gasteiger partial charge in [-0.1, -0.05) is 54.1 Å². The molecule has 154 valence electrons. The van der Waals surface area contributed by atoms with E-state index in [2.05, 4.69) is 6.07 Å². The van der Waals surface area contributed by atoms with Crippen LogP contribution in [0.5, 0.6) is 17.2 Å². The number of ether oxygens (including phenoxy) is 1. The van der Waals surface area contributed by atoms with E-state index in [4.69, 9.17) is 4.74 Å². The number of benzene rings is 3. The fourth-order valence-electron chi connectivity index (χ4n) is 3.90. The number of amides is 1. The molecule has 0 saturated heterocycles. The molecule has 0 aliphatic carbocycles. The Labute approximate surface area is 176 Å². The molecular weight excluding hydrogens is 378 g/mol. The second-order valence-corrected chi connectivity index (χ2v) is 7.77. The van der Waals surface area contributed by atoms with Gasteiger partial charge >= 0.3 is 0 Å². The van der Waals surface area contributed by atoms with Crippen molar-refractivity contribution >= 4 is 5.91 Å². The van der Waals surface area contributed by atoms with E-state index in [1.807, 2.05) is 49.4 Å². The van der Waals surface area contributed by atoms with Crippen molar-refractivity contribution in [3.63, 3.8) is 0 Å². The van der Waals surface area contributed by atoms with Crippen LogP contribution in [0.15, 0.2) is 54.6 Å². The number of carbonyl (C=O) groups excluding carboxylic acids is 1. The van der Waals surface area contributed by atoms with Crippen molar-refractivity contribution in [3.8, 4) is 17.2 Å². The number of phenols is 2. The third-order valence-electron chi connectivity index (χ3n) is 5.58. The number of fused-ring (bicyclic) bond motifs is 1. The summed E-state index contributed by atoms with van der Waals surface area (Å²) in [6, 6.07) is 17.2. The van der Waals surface area contributed by atoms with Gasteiger partial charge in [0.2, 0.25) is 0 Å². The SMILES string of the molecule is Cc1cccc(COc2c(C)c(O)cc(O)c2C(=O)N2CCc3ccccc3C2)c1. The fourth-order valence-corrected chi connectivity index (χ4v) is 3.90. The second kappa shape index (κ2) is 8.11. The molecule has 3 aromatic carbocycles. The molecule has 4 rings (SSSR count). The van der Waals surface area contributed by atoms with E-state index in [1.165, 1.54) is 11.6 Å². The minimum absolute atomic E-state index is 0.0948.